The second-order valence-electron chi connectivity index (χ2n) is 8.00. The van der Waals surface area contributed by atoms with E-state index >= 15 is 0 Å². The first-order valence-electron chi connectivity index (χ1n) is 11.1. The molecule has 0 amide bonds. The fourth-order valence-electron chi connectivity index (χ4n) is 3.99. The van der Waals surface area contributed by atoms with E-state index in [4.69, 9.17) is 4.74 Å². The zero-order valence-electron chi connectivity index (χ0n) is 19.0. The lowest BCUT2D eigenvalue weighted by molar-refractivity contribution is 0.340. The molecule has 10 nitrogen and oxygen atoms in total. The van der Waals surface area contributed by atoms with Gasteiger partial charge in [0.2, 0.25) is 10.0 Å². The molecule has 1 aliphatic heterocycles. The van der Waals surface area contributed by atoms with Crippen molar-refractivity contribution in [2.75, 3.05) is 37.7 Å². The lowest BCUT2D eigenvalue weighted by atomic mass is 10.2. The summed E-state index contributed by atoms with van der Waals surface area (Å²) >= 11 is 0. The second kappa shape index (κ2) is 8.99. The van der Waals surface area contributed by atoms with Crippen molar-refractivity contribution in [3.63, 3.8) is 0 Å². The van der Waals surface area contributed by atoms with Crippen LogP contribution in [0.5, 0.6) is 5.75 Å². The number of piperazine rings is 1. The molecule has 0 aliphatic carbocycles. The van der Waals surface area contributed by atoms with Crippen molar-refractivity contribution in [1.29, 1.82) is 0 Å². The molecule has 2 aromatic heterocycles. The third-order valence-electron chi connectivity index (χ3n) is 5.81. The van der Waals surface area contributed by atoms with Crippen LogP contribution in [0, 0.1) is 6.92 Å². The fraction of sp³-hybridized carbons (Fsp3) is 0.304. The van der Waals surface area contributed by atoms with Crippen LogP contribution in [-0.4, -0.2) is 70.5 Å². The predicted molar refractivity (Wildman–Crippen MR) is 128 cm³/mol. The summed E-state index contributed by atoms with van der Waals surface area (Å²) in [5, 5.41) is 8.62. The Morgan fingerprint density at radius 1 is 0.941 bits per heavy atom. The average molecular weight is 480 g/mol. The second-order valence-corrected chi connectivity index (χ2v) is 9.94. The van der Waals surface area contributed by atoms with Crippen molar-refractivity contribution in [2.24, 2.45) is 0 Å². The van der Waals surface area contributed by atoms with Gasteiger partial charge in [-0.2, -0.15) is 8.99 Å². The smallest absolute Gasteiger partial charge is 0.243 e. The van der Waals surface area contributed by atoms with Crippen LogP contribution < -0.4 is 9.64 Å². The molecule has 2 aromatic carbocycles. The fourth-order valence-corrected chi connectivity index (χ4v) is 5.41. The lowest BCUT2D eigenvalue weighted by Gasteiger charge is -2.34. The van der Waals surface area contributed by atoms with Gasteiger partial charge in [-0.1, -0.05) is 22.9 Å². The number of rotatable bonds is 6. The van der Waals surface area contributed by atoms with Crippen molar-refractivity contribution in [3.8, 4) is 11.4 Å². The van der Waals surface area contributed by atoms with E-state index in [1.54, 1.807) is 16.8 Å². The molecule has 5 rings (SSSR count). The molecule has 1 fully saturated rings. The van der Waals surface area contributed by atoms with E-state index in [9.17, 15) is 8.42 Å². The van der Waals surface area contributed by atoms with Crippen molar-refractivity contribution in [3.05, 3.63) is 60.4 Å². The Morgan fingerprint density at radius 3 is 2.32 bits per heavy atom. The highest BCUT2D eigenvalue weighted by molar-refractivity contribution is 7.89. The molecule has 3 heterocycles. The van der Waals surface area contributed by atoms with Gasteiger partial charge in [0, 0.05) is 26.2 Å². The highest BCUT2D eigenvalue weighted by Gasteiger charge is 2.30. The molecule has 11 heteroatoms. The molecule has 0 bridgehead atoms. The van der Waals surface area contributed by atoms with Crippen molar-refractivity contribution >= 4 is 27.0 Å². The summed E-state index contributed by atoms with van der Waals surface area (Å²) in [7, 11) is -3.54. The summed E-state index contributed by atoms with van der Waals surface area (Å²) in [6, 6.07) is 14.5. The van der Waals surface area contributed by atoms with Crippen LogP contribution in [0.25, 0.3) is 16.9 Å². The number of nitrogens with zero attached hydrogens (tertiary/aromatic N) is 7. The van der Waals surface area contributed by atoms with Gasteiger partial charge in [0.15, 0.2) is 17.0 Å². The first-order chi connectivity index (χ1) is 16.5. The van der Waals surface area contributed by atoms with E-state index < -0.39 is 10.0 Å². The molecule has 1 aliphatic rings. The quantitative estimate of drug-likeness (QED) is 0.415. The number of anilines is 1. The Hall–Kier alpha value is -3.57. The molecule has 0 radical (unpaired) electrons. The molecule has 1 saturated heterocycles. The van der Waals surface area contributed by atoms with Gasteiger partial charge >= 0.3 is 0 Å². The molecule has 176 valence electrons. The minimum atomic E-state index is -3.54. The van der Waals surface area contributed by atoms with Crippen LogP contribution in [-0.2, 0) is 10.0 Å². The van der Waals surface area contributed by atoms with E-state index in [2.05, 4.69) is 20.3 Å². The average Bonchev–Trinajstić information content (AvgIpc) is 3.29. The standard InChI is InChI=1S/C23H25N7O3S/c1-3-33-19-8-6-18(7-9-19)30-23-21(26-27-30)22(24-16-25-23)28-12-14-29(15-13-28)34(31,32)20-10-4-17(2)5-11-20/h4-11,16H,3,12-15H2,1-2H3. The van der Waals surface area contributed by atoms with Gasteiger partial charge in [0.05, 0.1) is 17.2 Å². The summed E-state index contributed by atoms with van der Waals surface area (Å²) in [6.07, 6.45) is 1.49. The van der Waals surface area contributed by atoms with Crippen LogP contribution >= 0.6 is 0 Å². The van der Waals surface area contributed by atoms with Crippen molar-refractivity contribution in [1.82, 2.24) is 29.3 Å². The third-order valence-corrected chi connectivity index (χ3v) is 7.72. The summed E-state index contributed by atoms with van der Waals surface area (Å²) in [4.78, 5) is 11.2. The summed E-state index contributed by atoms with van der Waals surface area (Å²) in [5.74, 6) is 1.43. The van der Waals surface area contributed by atoms with Gasteiger partial charge in [-0.05, 0) is 50.2 Å². The first kappa shape index (κ1) is 22.2. The molecule has 34 heavy (non-hydrogen) atoms. The van der Waals surface area contributed by atoms with E-state index in [1.165, 1.54) is 10.6 Å². The summed E-state index contributed by atoms with van der Waals surface area (Å²) in [5.41, 5.74) is 2.99. The number of aromatic nitrogens is 5. The van der Waals surface area contributed by atoms with Gasteiger partial charge in [-0.25, -0.2) is 18.4 Å². The molecule has 0 spiro atoms. The van der Waals surface area contributed by atoms with Gasteiger partial charge in [0.1, 0.15) is 12.1 Å². The molecule has 0 saturated carbocycles. The van der Waals surface area contributed by atoms with Crippen LogP contribution in [0.15, 0.2) is 59.8 Å². The molecule has 0 unspecified atom stereocenters. The first-order valence-corrected chi connectivity index (χ1v) is 12.5. The van der Waals surface area contributed by atoms with Crippen LogP contribution in [0.1, 0.15) is 12.5 Å². The van der Waals surface area contributed by atoms with E-state index in [1.807, 2.05) is 55.1 Å². The molecule has 4 aromatic rings. The number of hydrogen-bond acceptors (Lipinski definition) is 8. The number of sulfonamides is 1. The van der Waals surface area contributed by atoms with Gasteiger partial charge in [-0.15, -0.1) is 5.10 Å². The minimum absolute atomic E-state index is 0.314. The van der Waals surface area contributed by atoms with E-state index in [0.29, 0.717) is 54.7 Å². The van der Waals surface area contributed by atoms with Gasteiger partial charge in [0.25, 0.3) is 0 Å². The minimum Gasteiger partial charge on any atom is -0.494 e. The van der Waals surface area contributed by atoms with Crippen LogP contribution in [0.3, 0.4) is 0 Å². The topological polar surface area (TPSA) is 106 Å². The number of aryl methyl sites for hydroxylation is 1. The number of hydrogen-bond donors (Lipinski definition) is 0. The van der Waals surface area contributed by atoms with Crippen LogP contribution in [0.2, 0.25) is 0 Å². The Bertz CT molecular complexity index is 1400. The maximum Gasteiger partial charge on any atom is 0.243 e. The maximum absolute atomic E-state index is 13.0. The normalized spacial score (nSPS) is 15.1. The lowest BCUT2D eigenvalue weighted by Crippen LogP contribution is -2.49. The molecule has 0 N–H and O–H groups in total. The largest absolute Gasteiger partial charge is 0.494 e. The Balaban J connectivity index is 1.36. The highest BCUT2D eigenvalue weighted by Crippen LogP contribution is 2.26. The third kappa shape index (κ3) is 4.08. The molecular formula is C23H25N7O3S. The van der Waals surface area contributed by atoms with E-state index in [0.717, 1.165) is 17.0 Å². The summed E-state index contributed by atoms with van der Waals surface area (Å²) < 4.78 is 34.7. The monoisotopic (exact) mass is 479 g/mol. The summed E-state index contributed by atoms with van der Waals surface area (Å²) in [6.45, 7) is 6.17. The Kier molecular flexibility index (Phi) is 5.88. The highest BCUT2D eigenvalue weighted by atomic mass is 32.2. The SMILES string of the molecule is CCOc1ccc(-n2nnc3c(N4CCN(S(=O)(=O)c5ccc(C)cc5)CC4)ncnc32)cc1. The number of ether oxygens (including phenoxy) is 1. The van der Waals surface area contributed by atoms with Crippen molar-refractivity contribution in [2.45, 2.75) is 18.7 Å². The van der Waals surface area contributed by atoms with Crippen LogP contribution in [0.4, 0.5) is 5.82 Å². The maximum atomic E-state index is 13.0. The zero-order valence-corrected chi connectivity index (χ0v) is 19.8. The predicted octanol–water partition coefficient (Wildman–Crippen LogP) is 2.43. The molecule has 0 atom stereocenters. The number of fused-ring (bicyclic) bond motifs is 1. The molecular weight excluding hydrogens is 454 g/mol. The van der Waals surface area contributed by atoms with E-state index in [-0.39, 0.29) is 0 Å². The zero-order chi connectivity index (χ0) is 23.7. The Morgan fingerprint density at radius 2 is 1.65 bits per heavy atom. The van der Waals surface area contributed by atoms with Gasteiger partial charge in [-0.3, -0.25) is 0 Å². The van der Waals surface area contributed by atoms with Crippen molar-refractivity contribution < 1.29 is 13.2 Å². The Labute approximate surface area is 197 Å². The van der Waals surface area contributed by atoms with Gasteiger partial charge < -0.3 is 9.64 Å². The number of benzene rings is 2.